The molecule has 0 aliphatic rings. The number of carbonyl (C=O) groups is 2. The Morgan fingerprint density at radius 1 is 1.08 bits per heavy atom. The highest BCUT2D eigenvalue weighted by Crippen LogP contribution is 2.20. The van der Waals surface area contributed by atoms with Crippen molar-refractivity contribution in [1.82, 2.24) is 4.98 Å². The second-order valence-electron chi connectivity index (χ2n) is 5.49. The van der Waals surface area contributed by atoms with E-state index in [9.17, 15) is 9.59 Å². The summed E-state index contributed by atoms with van der Waals surface area (Å²) in [7, 11) is 0. The SMILES string of the molecule is NC(=O)c1ccc(NC(=O)CSCc2coc(-c3ccccc3)n2)cc1. The molecule has 0 spiro atoms. The first-order valence-electron chi connectivity index (χ1n) is 7.89. The number of carbonyl (C=O) groups excluding carboxylic acids is 2. The van der Waals surface area contributed by atoms with Crippen LogP contribution in [0, 0.1) is 0 Å². The number of hydrogen-bond acceptors (Lipinski definition) is 5. The number of amides is 2. The predicted octanol–water partition coefficient (Wildman–Crippen LogP) is 3.31. The van der Waals surface area contributed by atoms with E-state index in [2.05, 4.69) is 10.3 Å². The number of nitrogens with one attached hydrogen (secondary N) is 1. The molecule has 7 heteroatoms. The van der Waals surface area contributed by atoms with Gasteiger partial charge in [-0.1, -0.05) is 18.2 Å². The van der Waals surface area contributed by atoms with Crippen LogP contribution in [-0.4, -0.2) is 22.6 Å². The summed E-state index contributed by atoms with van der Waals surface area (Å²) in [6.45, 7) is 0. The first-order chi connectivity index (χ1) is 12.6. The monoisotopic (exact) mass is 367 g/mol. The summed E-state index contributed by atoms with van der Waals surface area (Å²) < 4.78 is 5.47. The molecule has 0 unspecified atom stereocenters. The van der Waals surface area contributed by atoms with Gasteiger partial charge in [0.15, 0.2) is 0 Å². The van der Waals surface area contributed by atoms with Crippen molar-refractivity contribution in [3.05, 3.63) is 72.1 Å². The second kappa shape index (κ2) is 8.35. The normalized spacial score (nSPS) is 10.5. The number of thioether (sulfide) groups is 1. The van der Waals surface area contributed by atoms with E-state index in [1.165, 1.54) is 11.8 Å². The van der Waals surface area contributed by atoms with E-state index in [4.69, 9.17) is 10.2 Å². The molecule has 3 rings (SSSR count). The molecule has 6 nitrogen and oxygen atoms in total. The van der Waals surface area contributed by atoms with Gasteiger partial charge in [-0.15, -0.1) is 11.8 Å². The van der Waals surface area contributed by atoms with Gasteiger partial charge in [0.05, 0.1) is 11.4 Å². The molecule has 132 valence electrons. The van der Waals surface area contributed by atoms with Crippen molar-refractivity contribution < 1.29 is 14.0 Å². The zero-order chi connectivity index (χ0) is 18.4. The molecule has 0 atom stereocenters. The lowest BCUT2D eigenvalue weighted by Gasteiger charge is -2.05. The van der Waals surface area contributed by atoms with Gasteiger partial charge in [-0.25, -0.2) is 4.98 Å². The first-order valence-corrected chi connectivity index (χ1v) is 9.04. The number of benzene rings is 2. The van der Waals surface area contributed by atoms with Gasteiger partial charge in [-0.2, -0.15) is 0 Å². The van der Waals surface area contributed by atoms with Gasteiger partial charge in [-0.3, -0.25) is 9.59 Å². The highest BCUT2D eigenvalue weighted by atomic mass is 32.2. The van der Waals surface area contributed by atoms with Crippen molar-refractivity contribution >= 4 is 29.3 Å². The Labute approximate surface area is 154 Å². The molecule has 3 N–H and O–H groups in total. The Hall–Kier alpha value is -3.06. The predicted molar refractivity (Wildman–Crippen MR) is 102 cm³/mol. The molecule has 0 aliphatic carbocycles. The Morgan fingerprint density at radius 2 is 1.81 bits per heavy atom. The number of nitrogens with zero attached hydrogens (tertiary/aromatic N) is 1. The fourth-order valence-corrected chi connectivity index (χ4v) is 2.95. The molecule has 0 bridgehead atoms. The van der Waals surface area contributed by atoms with E-state index < -0.39 is 5.91 Å². The number of rotatable bonds is 7. The Morgan fingerprint density at radius 3 is 2.50 bits per heavy atom. The van der Waals surface area contributed by atoms with E-state index in [1.807, 2.05) is 30.3 Å². The van der Waals surface area contributed by atoms with Crippen LogP contribution >= 0.6 is 11.8 Å². The molecular weight excluding hydrogens is 350 g/mol. The Bertz CT molecular complexity index is 892. The molecule has 26 heavy (non-hydrogen) atoms. The number of oxazole rings is 1. The van der Waals surface area contributed by atoms with Crippen LogP contribution in [0.1, 0.15) is 16.1 Å². The number of primary amides is 1. The molecule has 2 amide bonds. The van der Waals surface area contributed by atoms with Crippen molar-refractivity contribution in [2.45, 2.75) is 5.75 Å². The van der Waals surface area contributed by atoms with Gasteiger partial charge in [0.1, 0.15) is 6.26 Å². The minimum Gasteiger partial charge on any atom is -0.444 e. The van der Waals surface area contributed by atoms with Crippen LogP contribution in [0.2, 0.25) is 0 Å². The molecule has 0 fully saturated rings. The van der Waals surface area contributed by atoms with E-state index in [0.717, 1.165) is 11.3 Å². The number of anilines is 1. The minimum absolute atomic E-state index is 0.131. The highest BCUT2D eigenvalue weighted by Gasteiger charge is 2.08. The average Bonchev–Trinajstić information content (AvgIpc) is 3.12. The van der Waals surface area contributed by atoms with Crippen LogP contribution < -0.4 is 11.1 Å². The number of hydrogen-bond donors (Lipinski definition) is 2. The molecule has 0 radical (unpaired) electrons. The summed E-state index contributed by atoms with van der Waals surface area (Å²) in [5.74, 6) is 0.796. The summed E-state index contributed by atoms with van der Waals surface area (Å²) in [5, 5.41) is 2.77. The van der Waals surface area contributed by atoms with Crippen LogP contribution in [0.25, 0.3) is 11.5 Å². The lowest BCUT2D eigenvalue weighted by atomic mass is 10.2. The van der Waals surface area contributed by atoms with E-state index >= 15 is 0 Å². The molecule has 0 saturated carbocycles. The fourth-order valence-electron chi connectivity index (χ4n) is 2.25. The van der Waals surface area contributed by atoms with Gasteiger partial charge in [0.25, 0.3) is 0 Å². The maximum atomic E-state index is 12.0. The van der Waals surface area contributed by atoms with Gasteiger partial charge < -0.3 is 15.5 Å². The molecule has 1 aromatic heterocycles. The third-order valence-corrected chi connectivity index (χ3v) is 4.47. The van der Waals surface area contributed by atoms with Crippen LogP contribution in [0.3, 0.4) is 0 Å². The third-order valence-electron chi connectivity index (χ3n) is 3.51. The standard InChI is InChI=1S/C19H17N3O3S/c20-18(24)13-6-8-15(9-7-13)21-17(23)12-26-11-16-10-25-19(22-16)14-4-2-1-3-5-14/h1-10H,11-12H2,(H2,20,24)(H,21,23). The fraction of sp³-hybridized carbons (Fsp3) is 0.105. The molecule has 0 aliphatic heterocycles. The molecular formula is C19H17N3O3S. The molecule has 3 aromatic rings. The lowest BCUT2D eigenvalue weighted by Crippen LogP contribution is -2.15. The Balaban J connectivity index is 1.46. The molecule has 0 saturated heterocycles. The topological polar surface area (TPSA) is 98.2 Å². The van der Waals surface area contributed by atoms with Crippen LogP contribution in [-0.2, 0) is 10.5 Å². The maximum Gasteiger partial charge on any atom is 0.248 e. The van der Waals surface area contributed by atoms with Gasteiger partial charge in [0.2, 0.25) is 17.7 Å². The largest absolute Gasteiger partial charge is 0.444 e. The number of aromatic nitrogens is 1. The maximum absolute atomic E-state index is 12.0. The molecule has 2 aromatic carbocycles. The van der Waals surface area contributed by atoms with Crippen molar-refractivity contribution in [2.24, 2.45) is 5.73 Å². The Kier molecular flexibility index (Phi) is 5.70. The van der Waals surface area contributed by atoms with Crippen LogP contribution in [0.15, 0.2) is 65.3 Å². The van der Waals surface area contributed by atoms with E-state index in [0.29, 0.717) is 22.9 Å². The zero-order valence-electron chi connectivity index (χ0n) is 13.8. The smallest absolute Gasteiger partial charge is 0.248 e. The summed E-state index contributed by atoms with van der Waals surface area (Å²) in [5.41, 5.74) is 7.90. The summed E-state index contributed by atoms with van der Waals surface area (Å²) in [6.07, 6.45) is 1.61. The first kappa shape index (κ1) is 17.8. The van der Waals surface area contributed by atoms with Gasteiger partial charge in [-0.05, 0) is 36.4 Å². The van der Waals surface area contributed by atoms with Crippen molar-refractivity contribution in [3.8, 4) is 11.5 Å². The van der Waals surface area contributed by atoms with Crippen molar-refractivity contribution in [1.29, 1.82) is 0 Å². The quantitative estimate of drug-likeness (QED) is 0.667. The van der Waals surface area contributed by atoms with Crippen LogP contribution in [0.5, 0.6) is 0 Å². The van der Waals surface area contributed by atoms with Gasteiger partial charge in [0, 0.05) is 22.6 Å². The van der Waals surface area contributed by atoms with Gasteiger partial charge >= 0.3 is 0 Å². The van der Waals surface area contributed by atoms with Crippen LogP contribution in [0.4, 0.5) is 5.69 Å². The lowest BCUT2D eigenvalue weighted by molar-refractivity contribution is -0.113. The van der Waals surface area contributed by atoms with Crippen molar-refractivity contribution in [3.63, 3.8) is 0 Å². The zero-order valence-corrected chi connectivity index (χ0v) is 14.7. The summed E-state index contributed by atoms with van der Waals surface area (Å²) in [6, 6.07) is 16.1. The number of nitrogens with two attached hydrogens (primary N) is 1. The molecule has 1 heterocycles. The third kappa shape index (κ3) is 4.73. The summed E-state index contributed by atoms with van der Waals surface area (Å²) in [4.78, 5) is 27.4. The minimum atomic E-state index is -0.499. The highest BCUT2D eigenvalue weighted by molar-refractivity contribution is 7.99. The van der Waals surface area contributed by atoms with E-state index in [-0.39, 0.29) is 11.7 Å². The second-order valence-corrected chi connectivity index (χ2v) is 6.48. The summed E-state index contributed by atoms with van der Waals surface area (Å²) >= 11 is 1.44. The van der Waals surface area contributed by atoms with E-state index in [1.54, 1.807) is 30.5 Å². The average molecular weight is 367 g/mol. The van der Waals surface area contributed by atoms with Crippen molar-refractivity contribution in [2.75, 3.05) is 11.1 Å².